The summed E-state index contributed by atoms with van der Waals surface area (Å²) >= 11 is 0. The number of aliphatic carboxylic acids is 1. The van der Waals surface area contributed by atoms with Gasteiger partial charge in [0.05, 0.1) is 37.1 Å². The summed E-state index contributed by atoms with van der Waals surface area (Å²) in [5.74, 6) is -1.59. The van der Waals surface area contributed by atoms with Gasteiger partial charge in [-0.15, -0.1) is 0 Å². The second-order valence-corrected chi connectivity index (χ2v) is 10.7. The van der Waals surface area contributed by atoms with Crippen molar-refractivity contribution < 1.29 is 33.8 Å². The molecule has 2 aromatic carbocycles. The summed E-state index contributed by atoms with van der Waals surface area (Å²) in [6, 6.07) is 16.7. The number of carbonyl (C=O) groups excluding carboxylic acids is 3. The highest BCUT2D eigenvalue weighted by Crippen LogP contribution is 2.29. The zero-order valence-corrected chi connectivity index (χ0v) is 24.8. The van der Waals surface area contributed by atoms with E-state index in [2.05, 4.69) is 15.6 Å². The summed E-state index contributed by atoms with van der Waals surface area (Å²) in [6.45, 7) is 4.24. The Balaban J connectivity index is 1.32. The number of piperazine rings is 1. The van der Waals surface area contributed by atoms with E-state index < -0.39 is 24.0 Å². The van der Waals surface area contributed by atoms with Crippen LogP contribution in [0.2, 0.25) is 0 Å². The van der Waals surface area contributed by atoms with E-state index in [1.165, 1.54) is 6.20 Å². The van der Waals surface area contributed by atoms with E-state index in [0.717, 1.165) is 5.56 Å². The number of amides is 4. The highest BCUT2D eigenvalue weighted by Gasteiger charge is 2.28. The van der Waals surface area contributed by atoms with Gasteiger partial charge in [0.15, 0.2) is 0 Å². The molecule has 3 aromatic rings. The summed E-state index contributed by atoms with van der Waals surface area (Å²) in [4.78, 5) is 60.5. The maximum absolute atomic E-state index is 13.4. The quantitative estimate of drug-likeness (QED) is 0.328. The summed E-state index contributed by atoms with van der Waals surface area (Å²) < 4.78 is 10.8. The van der Waals surface area contributed by atoms with Crippen molar-refractivity contribution in [2.75, 3.05) is 62.7 Å². The van der Waals surface area contributed by atoms with Gasteiger partial charge >= 0.3 is 18.1 Å². The number of pyridine rings is 1. The van der Waals surface area contributed by atoms with Crippen LogP contribution in [0.3, 0.4) is 0 Å². The Hall–Kier alpha value is -5.17. The number of nitrogens with one attached hydrogen (secondary N) is 2. The van der Waals surface area contributed by atoms with Crippen molar-refractivity contribution in [2.24, 2.45) is 0 Å². The predicted molar refractivity (Wildman–Crippen MR) is 165 cm³/mol. The van der Waals surface area contributed by atoms with Gasteiger partial charge in [0, 0.05) is 57.2 Å². The molecule has 0 saturated carbocycles. The maximum atomic E-state index is 13.4. The molecule has 4 amide bonds. The second kappa shape index (κ2) is 15.0. The lowest BCUT2D eigenvalue weighted by Gasteiger charge is -2.39. The van der Waals surface area contributed by atoms with Gasteiger partial charge in [0.25, 0.3) is 5.91 Å². The molecule has 0 radical (unpaired) electrons. The van der Waals surface area contributed by atoms with Crippen LogP contribution in [0.5, 0.6) is 0 Å². The highest BCUT2D eigenvalue weighted by molar-refractivity contribution is 5.99. The number of rotatable bonds is 9. The van der Waals surface area contributed by atoms with E-state index in [0.29, 0.717) is 69.4 Å². The third-order valence-electron chi connectivity index (χ3n) is 7.65. The molecule has 0 bridgehead atoms. The van der Waals surface area contributed by atoms with Crippen LogP contribution >= 0.6 is 0 Å². The Morgan fingerprint density at radius 3 is 2.33 bits per heavy atom. The average Bonchev–Trinajstić information content (AvgIpc) is 3.08. The Bertz CT molecular complexity index is 1480. The molecule has 1 unspecified atom stereocenters. The minimum absolute atomic E-state index is 0.0164. The number of carbonyl (C=O) groups is 4. The normalized spacial score (nSPS) is 15.6. The van der Waals surface area contributed by atoms with Crippen molar-refractivity contribution >= 4 is 35.4 Å². The fraction of sp³-hybridized carbons (Fsp3) is 0.344. The van der Waals surface area contributed by atoms with Crippen molar-refractivity contribution in [3.63, 3.8) is 0 Å². The van der Waals surface area contributed by atoms with Crippen molar-refractivity contribution in [1.29, 1.82) is 0 Å². The van der Waals surface area contributed by atoms with E-state index in [9.17, 15) is 24.3 Å². The van der Waals surface area contributed by atoms with E-state index in [-0.39, 0.29) is 24.6 Å². The van der Waals surface area contributed by atoms with Gasteiger partial charge in [0.2, 0.25) is 0 Å². The number of hydrogen-bond acceptors (Lipinski definition) is 8. The Labute approximate surface area is 260 Å². The minimum Gasteiger partial charge on any atom is -0.481 e. The molecule has 0 aliphatic carbocycles. The highest BCUT2D eigenvalue weighted by atomic mass is 16.5. The molecule has 3 heterocycles. The number of hydrogen-bond donors (Lipinski definition) is 3. The van der Waals surface area contributed by atoms with E-state index >= 15 is 0 Å². The largest absolute Gasteiger partial charge is 0.481 e. The first kappa shape index (κ1) is 31.3. The van der Waals surface area contributed by atoms with Gasteiger partial charge in [-0.2, -0.15) is 0 Å². The topological polar surface area (TPSA) is 154 Å². The number of anilines is 2. The minimum atomic E-state index is -1.07. The number of ether oxygens (including phenoxy) is 2. The van der Waals surface area contributed by atoms with Crippen LogP contribution in [0.15, 0.2) is 73.1 Å². The third kappa shape index (κ3) is 8.48. The van der Waals surface area contributed by atoms with Gasteiger partial charge < -0.3 is 34.6 Å². The van der Waals surface area contributed by atoms with Crippen LogP contribution in [-0.2, 0) is 20.9 Å². The number of urea groups is 1. The smallest absolute Gasteiger partial charge is 0.412 e. The monoisotopic (exact) mass is 616 g/mol. The molecule has 45 heavy (non-hydrogen) atoms. The molecule has 2 saturated heterocycles. The zero-order chi connectivity index (χ0) is 31.6. The molecule has 13 nitrogen and oxygen atoms in total. The lowest BCUT2D eigenvalue weighted by atomic mass is 10.0. The number of carboxylic acid groups (broad SMARTS) is 1. The number of morpholine rings is 1. The lowest BCUT2D eigenvalue weighted by molar-refractivity contribution is -0.137. The van der Waals surface area contributed by atoms with Gasteiger partial charge in [-0.25, -0.2) is 9.59 Å². The Morgan fingerprint density at radius 1 is 0.911 bits per heavy atom. The molecular formula is C32H36N6O7. The van der Waals surface area contributed by atoms with Crippen molar-refractivity contribution in [2.45, 2.75) is 19.1 Å². The third-order valence-corrected chi connectivity index (χ3v) is 7.65. The Kier molecular flexibility index (Phi) is 10.4. The molecule has 5 rings (SSSR count). The van der Waals surface area contributed by atoms with Gasteiger partial charge in [0.1, 0.15) is 6.61 Å². The predicted octanol–water partition coefficient (Wildman–Crippen LogP) is 3.35. The average molecular weight is 617 g/mol. The lowest BCUT2D eigenvalue weighted by Crippen LogP contribution is -2.54. The van der Waals surface area contributed by atoms with Gasteiger partial charge in [-0.05, 0) is 35.4 Å². The van der Waals surface area contributed by atoms with Gasteiger partial charge in [-0.1, -0.05) is 36.4 Å². The molecule has 13 heteroatoms. The van der Waals surface area contributed by atoms with Crippen LogP contribution in [0.1, 0.15) is 33.9 Å². The molecule has 2 aliphatic rings. The van der Waals surface area contributed by atoms with Crippen molar-refractivity contribution in [3.05, 3.63) is 89.7 Å². The first-order valence-corrected chi connectivity index (χ1v) is 14.8. The molecule has 0 spiro atoms. The summed E-state index contributed by atoms with van der Waals surface area (Å²) in [5.41, 5.74) is 2.61. The molecular weight excluding hydrogens is 580 g/mol. The molecule has 236 valence electrons. The van der Waals surface area contributed by atoms with Crippen LogP contribution < -0.4 is 15.5 Å². The van der Waals surface area contributed by atoms with Crippen LogP contribution in [0.25, 0.3) is 0 Å². The first-order chi connectivity index (χ1) is 21.9. The molecule has 1 aromatic heterocycles. The van der Waals surface area contributed by atoms with Crippen molar-refractivity contribution in [1.82, 2.24) is 20.1 Å². The second-order valence-electron chi connectivity index (χ2n) is 10.7. The van der Waals surface area contributed by atoms with E-state index in [1.54, 1.807) is 41.4 Å². The summed E-state index contributed by atoms with van der Waals surface area (Å²) in [6.07, 6.45) is 2.04. The number of carboxylic acids is 1. The fourth-order valence-electron chi connectivity index (χ4n) is 5.27. The SMILES string of the molecule is O=C(O)CC(NC(=O)c1ccc(N2CCN(C(=O)N3CCOCC3)CC2)c(NC(=O)OCc2ccccc2)c1)c1cccnc1. The number of nitrogens with zero attached hydrogens (tertiary/aromatic N) is 4. The Morgan fingerprint density at radius 2 is 1.64 bits per heavy atom. The standard InChI is InChI=1S/C32H36N6O7/c39-29(40)20-26(25-7-4-10-33-21-25)34-30(41)24-8-9-28(27(19-24)35-31(42)45-22-23-5-2-1-3-6-23)36-11-13-37(14-12-36)32(43)38-15-17-44-18-16-38/h1-10,19,21,26H,11-18,20,22H2,(H,34,41)(H,35,42)(H,39,40). The van der Waals surface area contributed by atoms with Crippen LogP contribution in [0.4, 0.5) is 21.0 Å². The van der Waals surface area contributed by atoms with Crippen molar-refractivity contribution in [3.8, 4) is 0 Å². The number of benzene rings is 2. The zero-order valence-electron chi connectivity index (χ0n) is 24.8. The number of aromatic nitrogens is 1. The molecule has 2 aliphatic heterocycles. The van der Waals surface area contributed by atoms with E-state index in [4.69, 9.17) is 9.47 Å². The molecule has 2 fully saturated rings. The summed E-state index contributed by atoms with van der Waals surface area (Å²) in [7, 11) is 0. The van der Waals surface area contributed by atoms with Gasteiger partial charge in [-0.3, -0.25) is 19.9 Å². The van der Waals surface area contributed by atoms with E-state index in [1.807, 2.05) is 40.1 Å². The van der Waals surface area contributed by atoms with Crippen LogP contribution in [-0.4, -0.2) is 96.4 Å². The fourth-order valence-corrected chi connectivity index (χ4v) is 5.27. The first-order valence-electron chi connectivity index (χ1n) is 14.8. The molecule has 3 N–H and O–H groups in total. The molecule has 1 atom stereocenters. The maximum Gasteiger partial charge on any atom is 0.412 e. The van der Waals surface area contributed by atoms with Crippen LogP contribution in [0, 0.1) is 0 Å². The summed E-state index contributed by atoms with van der Waals surface area (Å²) in [5, 5.41) is 15.0.